The second-order valence-corrected chi connectivity index (χ2v) is 5.30. The standard InChI is InChI=1S/C17H20ClNO2/c1-12-3-4-14(16(18)9-12)11-21-17-10-15(20-2)6-5-13(17)7-8-19/h3-6,9-10H,7-8,11,19H2,1-2H3. The predicted octanol–water partition coefficient (Wildman–Crippen LogP) is 3.74. The lowest BCUT2D eigenvalue weighted by Gasteiger charge is -2.13. The lowest BCUT2D eigenvalue weighted by molar-refractivity contribution is 0.300. The van der Waals surface area contributed by atoms with Crippen molar-refractivity contribution in [3.05, 3.63) is 58.1 Å². The Bertz CT molecular complexity index is 614. The highest BCUT2D eigenvalue weighted by atomic mass is 35.5. The third-order valence-electron chi connectivity index (χ3n) is 3.28. The van der Waals surface area contributed by atoms with Gasteiger partial charge < -0.3 is 15.2 Å². The molecule has 21 heavy (non-hydrogen) atoms. The Hall–Kier alpha value is -1.71. The van der Waals surface area contributed by atoms with Crippen LogP contribution in [0.3, 0.4) is 0 Å². The molecule has 2 N–H and O–H groups in total. The van der Waals surface area contributed by atoms with E-state index < -0.39 is 0 Å². The van der Waals surface area contributed by atoms with E-state index in [1.165, 1.54) is 0 Å². The molecule has 0 aliphatic carbocycles. The summed E-state index contributed by atoms with van der Waals surface area (Å²) in [5, 5.41) is 0.721. The molecule has 0 aliphatic heterocycles. The van der Waals surface area contributed by atoms with Gasteiger partial charge in [0.05, 0.1) is 7.11 Å². The summed E-state index contributed by atoms with van der Waals surface area (Å²) in [7, 11) is 1.64. The Kier molecular flexibility index (Phi) is 5.48. The van der Waals surface area contributed by atoms with Crippen molar-refractivity contribution in [2.75, 3.05) is 13.7 Å². The van der Waals surface area contributed by atoms with Gasteiger partial charge in [-0.3, -0.25) is 0 Å². The van der Waals surface area contributed by atoms with Crippen molar-refractivity contribution in [2.45, 2.75) is 20.0 Å². The molecule has 0 amide bonds. The van der Waals surface area contributed by atoms with E-state index in [-0.39, 0.29) is 0 Å². The third-order valence-corrected chi connectivity index (χ3v) is 3.63. The minimum atomic E-state index is 0.420. The molecule has 0 atom stereocenters. The van der Waals surface area contributed by atoms with Crippen LogP contribution in [0.15, 0.2) is 36.4 Å². The number of rotatable bonds is 6. The Labute approximate surface area is 130 Å². The van der Waals surface area contributed by atoms with Crippen LogP contribution in [0.4, 0.5) is 0 Å². The van der Waals surface area contributed by atoms with Gasteiger partial charge in [0.2, 0.25) is 0 Å². The molecule has 0 unspecified atom stereocenters. The molecule has 0 saturated heterocycles. The first kappa shape index (κ1) is 15.7. The van der Waals surface area contributed by atoms with Gasteiger partial charge in [-0.05, 0) is 43.1 Å². The van der Waals surface area contributed by atoms with Crippen molar-refractivity contribution in [1.29, 1.82) is 0 Å². The average molecular weight is 306 g/mol. The normalized spacial score (nSPS) is 10.5. The van der Waals surface area contributed by atoms with Crippen molar-refractivity contribution in [1.82, 2.24) is 0 Å². The number of ether oxygens (including phenoxy) is 2. The number of methoxy groups -OCH3 is 1. The highest BCUT2D eigenvalue weighted by Crippen LogP contribution is 2.27. The maximum absolute atomic E-state index is 6.23. The summed E-state index contributed by atoms with van der Waals surface area (Å²) in [5.74, 6) is 1.55. The van der Waals surface area contributed by atoms with Gasteiger partial charge in [0.25, 0.3) is 0 Å². The van der Waals surface area contributed by atoms with Crippen LogP contribution < -0.4 is 15.2 Å². The van der Waals surface area contributed by atoms with Gasteiger partial charge in [0, 0.05) is 16.7 Å². The number of nitrogens with two attached hydrogens (primary N) is 1. The van der Waals surface area contributed by atoms with E-state index in [0.717, 1.165) is 39.6 Å². The number of benzene rings is 2. The van der Waals surface area contributed by atoms with Crippen LogP contribution in [-0.2, 0) is 13.0 Å². The summed E-state index contributed by atoms with van der Waals surface area (Å²) in [6, 6.07) is 11.7. The molecule has 0 aromatic heterocycles. The van der Waals surface area contributed by atoms with Gasteiger partial charge in [-0.1, -0.05) is 29.8 Å². The van der Waals surface area contributed by atoms with Crippen molar-refractivity contribution >= 4 is 11.6 Å². The van der Waals surface area contributed by atoms with E-state index in [9.17, 15) is 0 Å². The molecule has 0 heterocycles. The van der Waals surface area contributed by atoms with E-state index in [4.69, 9.17) is 26.8 Å². The highest BCUT2D eigenvalue weighted by Gasteiger charge is 2.07. The number of halogens is 1. The minimum absolute atomic E-state index is 0.420. The van der Waals surface area contributed by atoms with Crippen molar-refractivity contribution < 1.29 is 9.47 Å². The molecule has 0 spiro atoms. The van der Waals surface area contributed by atoms with E-state index in [0.29, 0.717) is 13.2 Å². The van der Waals surface area contributed by atoms with Gasteiger partial charge >= 0.3 is 0 Å². The molecule has 2 rings (SSSR count). The quantitative estimate of drug-likeness (QED) is 0.884. The Morgan fingerprint density at radius 1 is 1.10 bits per heavy atom. The Balaban J connectivity index is 2.17. The molecule has 3 nitrogen and oxygen atoms in total. The summed E-state index contributed by atoms with van der Waals surface area (Å²) >= 11 is 6.23. The van der Waals surface area contributed by atoms with Crippen LogP contribution in [0.2, 0.25) is 5.02 Å². The second kappa shape index (κ2) is 7.34. The number of hydrogen-bond donors (Lipinski definition) is 1. The SMILES string of the molecule is COc1ccc(CCN)c(OCc2ccc(C)cc2Cl)c1. The van der Waals surface area contributed by atoms with Crippen molar-refractivity contribution in [3.63, 3.8) is 0 Å². The summed E-state index contributed by atoms with van der Waals surface area (Å²) < 4.78 is 11.2. The molecule has 2 aromatic carbocycles. The summed E-state index contributed by atoms with van der Waals surface area (Å²) in [5.41, 5.74) is 8.81. The Morgan fingerprint density at radius 3 is 2.52 bits per heavy atom. The third kappa shape index (κ3) is 4.13. The zero-order valence-corrected chi connectivity index (χ0v) is 13.1. The molecule has 0 bridgehead atoms. The van der Waals surface area contributed by atoms with Crippen LogP contribution in [0.25, 0.3) is 0 Å². The fraction of sp³-hybridized carbons (Fsp3) is 0.294. The fourth-order valence-corrected chi connectivity index (χ4v) is 2.37. The zero-order valence-electron chi connectivity index (χ0n) is 12.4. The molecular weight excluding hydrogens is 286 g/mol. The van der Waals surface area contributed by atoms with E-state index in [1.54, 1.807) is 7.11 Å². The van der Waals surface area contributed by atoms with E-state index >= 15 is 0 Å². The highest BCUT2D eigenvalue weighted by molar-refractivity contribution is 6.31. The van der Waals surface area contributed by atoms with Gasteiger partial charge in [-0.15, -0.1) is 0 Å². The number of hydrogen-bond acceptors (Lipinski definition) is 3. The zero-order chi connectivity index (χ0) is 15.2. The maximum atomic E-state index is 6.23. The smallest absolute Gasteiger partial charge is 0.126 e. The molecular formula is C17H20ClNO2. The first-order valence-electron chi connectivity index (χ1n) is 6.89. The van der Waals surface area contributed by atoms with E-state index in [2.05, 4.69) is 0 Å². The first-order chi connectivity index (χ1) is 10.1. The van der Waals surface area contributed by atoms with Crippen LogP contribution in [0.1, 0.15) is 16.7 Å². The Morgan fingerprint density at radius 2 is 1.86 bits per heavy atom. The van der Waals surface area contributed by atoms with Crippen LogP contribution in [0, 0.1) is 6.92 Å². The second-order valence-electron chi connectivity index (χ2n) is 4.90. The molecule has 0 saturated carbocycles. The largest absolute Gasteiger partial charge is 0.497 e. The first-order valence-corrected chi connectivity index (χ1v) is 7.26. The lowest BCUT2D eigenvalue weighted by atomic mass is 10.1. The molecule has 2 aromatic rings. The molecule has 112 valence electrons. The van der Waals surface area contributed by atoms with Crippen LogP contribution in [0.5, 0.6) is 11.5 Å². The average Bonchev–Trinajstić information content (AvgIpc) is 2.48. The van der Waals surface area contributed by atoms with Gasteiger partial charge in [-0.2, -0.15) is 0 Å². The van der Waals surface area contributed by atoms with E-state index in [1.807, 2.05) is 43.3 Å². The lowest BCUT2D eigenvalue weighted by Crippen LogP contribution is -2.06. The fourth-order valence-electron chi connectivity index (χ4n) is 2.08. The minimum Gasteiger partial charge on any atom is -0.497 e. The number of aryl methyl sites for hydroxylation is 1. The van der Waals surface area contributed by atoms with Gasteiger partial charge in [-0.25, -0.2) is 0 Å². The maximum Gasteiger partial charge on any atom is 0.126 e. The summed E-state index contributed by atoms with van der Waals surface area (Å²) in [6.07, 6.45) is 0.765. The van der Waals surface area contributed by atoms with Gasteiger partial charge in [0.1, 0.15) is 18.1 Å². The summed E-state index contributed by atoms with van der Waals surface area (Å²) in [6.45, 7) is 3.01. The van der Waals surface area contributed by atoms with Crippen molar-refractivity contribution in [3.8, 4) is 11.5 Å². The van der Waals surface area contributed by atoms with Crippen molar-refractivity contribution in [2.24, 2.45) is 5.73 Å². The predicted molar refractivity (Wildman–Crippen MR) is 86.3 cm³/mol. The topological polar surface area (TPSA) is 44.5 Å². The monoisotopic (exact) mass is 305 g/mol. The molecule has 0 fully saturated rings. The molecule has 4 heteroatoms. The molecule has 0 aliphatic rings. The molecule has 0 radical (unpaired) electrons. The van der Waals surface area contributed by atoms with Crippen LogP contribution >= 0.6 is 11.6 Å². The van der Waals surface area contributed by atoms with Crippen LogP contribution in [-0.4, -0.2) is 13.7 Å². The summed E-state index contributed by atoms with van der Waals surface area (Å²) in [4.78, 5) is 0. The van der Waals surface area contributed by atoms with Gasteiger partial charge in [0.15, 0.2) is 0 Å².